The molecule has 0 atom stereocenters. The first-order chi connectivity index (χ1) is 7.81. The van der Waals surface area contributed by atoms with Crippen molar-refractivity contribution in [3.05, 3.63) is 33.4 Å². The van der Waals surface area contributed by atoms with Gasteiger partial charge in [0.25, 0.3) is 0 Å². The highest BCUT2D eigenvalue weighted by molar-refractivity contribution is 5.55. The van der Waals surface area contributed by atoms with E-state index in [9.17, 15) is 23.3 Å². The van der Waals surface area contributed by atoms with Gasteiger partial charge in [0.2, 0.25) is 0 Å². The van der Waals surface area contributed by atoms with E-state index in [1.165, 1.54) is 0 Å². The molecule has 1 aromatic carbocycles. The zero-order valence-electron chi connectivity index (χ0n) is 8.75. The number of nitrogens with two attached hydrogens (primary N) is 1. The summed E-state index contributed by atoms with van der Waals surface area (Å²) in [5.74, 6) is -0.453. The van der Waals surface area contributed by atoms with Crippen molar-refractivity contribution >= 4 is 5.69 Å². The molecule has 0 aromatic heterocycles. The third-order valence-corrected chi connectivity index (χ3v) is 2.10. The van der Waals surface area contributed by atoms with Gasteiger partial charge in [-0.2, -0.15) is 13.2 Å². The molecule has 0 bridgehead atoms. The lowest BCUT2D eigenvalue weighted by Crippen LogP contribution is -2.10. The molecule has 0 aliphatic rings. The zero-order valence-corrected chi connectivity index (χ0v) is 8.75. The minimum atomic E-state index is -4.60. The van der Waals surface area contributed by atoms with Crippen LogP contribution in [-0.2, 0) is 12.7 Å². The van der Waals surface area contributed by atoms with Crippen molar-refractivity contribution in [3.8, 4) is 5.75 Å². The summed E-state index contributed by atoms with van der Waals surface area (Å²) in [7, 11) is 1.06. The topological polar surface area (TPSA) is 78.4 Å². The van der Waals surface area contributed by atoms with E-state index in [2.05, 4.69) is 4.74 Å². The molecule has 8 heteroatoms. The van der Waals surface area contributed by atoms with Gasteiger partial charge in [0.1, 0.15) is 0 Å². The Hall–Kier alpha value is -1.83. The summed E-state index contributed by atoms with van der Waals surface area (Å²) in [6.07, 6.45) is -4.60. The number of benzene rings is 1. The van der Waals surface area contributed by atoms with Crippen molar-refractivity contribution in [1.82, 2.24) is 0 Å². The normalized spacial score (nSPS) is 11.4. The maximum atomic E-state index is 12.5. The van der Waals surface area contributed by atoms with Crippen LogP contribution in [0.15, 0.2) is 12.1 Å². The van der Waals surface area contributed by atoms with Crippen LogP contribution in [0, 0.1) is 10.1 Å². The Morgan fingerprint density at radius 1 is 1.47 bits per heavy atom. The zero-order chi connectivity index (χ0) is 13.2. The van der Waals surface area contributed by atoms with Gasteiger partial charge in [-0.25, -0.2) is 0 Å². The van der Waals surface area contributed by atoms with Gasteiger partial charge >= 0.3 is 11.9 Å². The van der Waals surface area contributed by atoms with Gasteiger partial charge in [-0.1, -0.05) is 0 Å². The molecule has 0 amide bonds. The van der Waals surface area contributed by atoms with Gasteiger partial charge < -0.3 is 10.5 Å². The molecular formula is C9H9F3N2O3. The van der Waals surface area contributed by atoms with Gasteiger partial charge in [0.05, 0.1) is 17.6 Å². The van der Waals surface area contributed by atoms with Gasteiger partial charge in [-0.15, -0.1) is 0 Å². The molecule has 0 unspecified atom stereocenters. The van der Waals surface area contributed by atoms with E-state index in [4.69, 9.17) is 5.73 Å². The largest absolute Gasteiger partial charge is 0.490 e. The number of halogens is 3. The molecule has 94 valence electrons. The summed E-state index contributed by atoms with van der Waals surface area (Å²) in [6, 6.07) is 1.23. The monoisotopic (exact) mass is 250 g/mol. The van der Waals surface area contributed by atoms with E-state index in [-0.39, 0.29) is 12.1 Å². The lowest BCUT2D eigenvalue weighted by molar-refractivity contribution is -0.386. The minimum Gasteiger partial charge on any atom is -0.490 e. The lowest BCUT2D eigenvalue weighted by atomic mass is 10.1. The molecule has 1 rings (SSSR count). The van der Waals surface area contributed by atoms with Gasteiger partial charge in [0, 0.05) is 12.1 Å². The van der Waals surface area contributed by atoms with Crippen LogP contribution in [0.5, 0.6) is 5.75 Å². The molecule has 0 aliphatic heterocycles. The average molecular weight is 250 g/mol. The summed E-state index contributed by atoms with van der Waals surface area (Å²) in [5.41, 5.74) is 3.41. The second-order valence-corrected chi connectivity index (χ2v) is 3.15. The predicted molar refractivity (Wildman–Crippen MR) is 52.5 cm³/mol. The highest BCUT2D eigenvalue weighted by Crippen LogP contribution is 2.38. The summed E-state index contributed by atoms with van der Waals surface area (Å²) >= 11 is 0. The number of nitro groups is 1. The van der Waals surface area contributed by atoms with E-state index in [1.54, 1.807) is 0 Å². The number of nitrogens with zero attached hydrogens (tertiary/aromatic N) is 1. The first-order valence-corrected chi connectivity index (χ1v) is 4.43. The van der Waals surface area contributed by atoms with Crippen LogP contribution in [0.3, 0.4) is 0 Å². The third kappa shape index (κ3) is 2.64. The molecule has 2 N–H and O–H groups in total. The van der Waals surface area contributed by atoms with E-state index < -0.39 is 28.1 Å². The Bertz CT molecular complexity index is 421. The number of ether oxygens (including phenoxy) is 1. The molecule has 0 radical (unpaired) electrons. The van der Waals surface area contributed by atoms with Crippen LogP contribution in [0.4, 0.5) is 18.9 Å². The van der Waals surface area contributed by atoms with Crippen LogP contribution < -0.4 is 10.5 Å². The average Bonchev–Trinajstić information content (AvgIpc) is 2.25. The van der Waals surface area contributed by atoms with Crippen molar-refractivity contribution in [2.24, 2.45) is 5.73 Å². The molecule has 0 heterocycles. The first kappa shape index (κ1) is 13.2. The second-order valence-electron chi connectivity index (χ2n) is 3.15. The van der Waals surface area contributed by atoms with E-state index in [0.29, 0.717) is 12.1 Å². The predicted octanol–water partition coefficient (Wildman–Crippen LogP) is 2.08. The van der Waals surface area contributed by atoms with Crippen LogP contribution >= 0.6 is 0 Å². The lowest BCUT2D eigenvalue weighted by Gasteiger charge is -2.11. The van der Waals surface area contributed by atoms with Crippen LogP contribution in [0.1, 0.15) is 11.1 Å². The Morgan fingerprint density at radius 3 is 2.41 bits per heavy atom. The number of methoxy groups -OCH3 is 1. The molecule has 0 spiro atoms. The van der Waals surface area contributed by atoms with Crippen molar-refractivity contribution in [2.75, 3.05) is 7.11 Å². The van der Waals surface area contributed by atoms with Crippen LogP contribution in [0.2, 0.25) is 0 Å². The van der Waals surface area contributed by atoms with Gasteiger partial charge in [-0.05, 0) is 12.1 Å². The van der Waals surface area contributed by atoms with Crippen molar-refractivity contribution < 1.29 is 22.8 Å². The molecule has 0 fully saturated rings. The standard InChI is InChI=1S/C9H9F3N2O3/c1-17-7-3-6(9(10,11)12)2-5(4-13)8(7)14(15)16/h2-3H,4,13H2,1H3. The molecule has 0 saturated heterocycles. The summed E-state index contributed by atoms with van der Waals surface area (Å²) in [6.45, 7) is -0.378. The van der Waals surface area contributed by atoms with Crippen LogP contribution in [-0.4, -0.2) is 12.0 Å². The minimum absolute atomic E-state index is 0.221. The van der Waals surface area contributed by atoms with Crippen molar-refractivity contribution in [2.45, 2.75) is 12.7 Å². The molecule has 0 aliphatic carbocycles. The molecule has 0 saturated carbocycles. The number of rotatable bonds is 3. The number of hydrogen-bond acceptors (Lipinski definition) is 4. The fourth-order valence-corrected chi connectivity index (χ4v) is 1.35. The second kappa shape index (κ2) is 4.58. The molecular weight excluding hydrogens is 241 g/mol. The highest BCUT2D eigenvalue weighted by Gasteiger charge is 2.34. The Kier molecular flexibility index (Phi) is 3.56. The summed E-state index contributed by atoms with van der Waals surface area (Å²) in [4.78, 5) is 9.89. The number of alkyl halides is 3. The Balaban J connectivity index is 3.50. The van der Waals surface area contributed by atoms with Gasteiger partial charge in [0.15, 0.2) is 5.75 Å². The van der Waals surface area contributed by atoms with Crippen molar-refractivity contribution in [3.63, 3.8) is 0 Å². The summed E-state index contributed by atoms with van der Waals surface area (Å²) < 4.78 is 42.0. The third-order valence-electron chi connectivity index (χ3n) is 2.10. The smallest absolute Gasteiger partial charge is 0.416 e. The van der Waals surface area contributed by atoms with E-state index >= 15 is 0 Å². The van der Waals surface area contributed by atoms with E-state index in [1.807, 2.05) is 0 Å². The molecule has 1 aromatic rings. The number of nitro benzene ring substituents is 1. The fraction of sp³-hybridized carbons (Fsp3) is 0.333. The number of hydrogen-bond donors (Lipinski definition) is 1. The molecule has 5 nitrogen and oxygen atoms in total. The Labute approximate surface area is 94.1 Å². The summed E-state index contributed by atoms with van der Waals surface area (Å²) in [5, 5.41) is 10.7. The van der Waals surface area contributed by atoms with E-state index in [0.717, 1.165) is 7.11 Å². The van der Waals surface area contributed by atoms with Gasteiger partial charge in [-0.3, -0.25) is 10.1 Å². The fourth-order valence-electron chi connectivity index (χ4n) is 1.35. The van der Waals surface area contributed by atoms with Crippen molar-refractivity contribution in [1.29, 1.82) is 0 Å². The maximum Gasteiger partial charge on any atom is 0.416 e. The highest BCUT2D eigenvalue weighted by atomic mass is 19.4. The SMILES string of the molecule is COc1cc(C(F)(F)F)cc(CN)c1[N+](=O)[O-]. The Morgan fingerprint density at radius 2 is 2.06 bits per heavy atom. The quantitative estimate of drug-likeness (QED) is 0.658. The maximum absolute atomic E-state index is 12.5. The first-order valence-electron chi connectivity index (χ1n) is 4.43. The van der Waals surface area contributed by atoms with Crippen LogP contribution in [0.25, 0.3) is 0 Å². The molecule has 17 heavy (non-hydrogen) atoms.